The van der Waals surface area contributed by atoms with Gasteiger partial charge < -0.3 is 10.2 Å². The fourth-order valence-corrected chi connectivity index (χ4v) is 3.93. The van der Waals surface area contributed by atoms with Gasteiger partial charge in [0, 0.05) is 17.0 Å². The summed E-state index contributed by atoms with van der Waals surface area (Å²) in [5.74, 6) is 0.158. The third-order valence-corrected chi connectivity index (χ3v) is 5.96. The predicted molar refractivity (Wildman–Crippen MR) is 110 cm³/mol. The second kappa shape index (κ2) is 7.32. The third kappa shape index (κ3) is 3.44. The van der Waals surface area contributed by atoms with E-state index in [0.717, 1.165) is 11.1 Å². The molecule has 7 heteroatoms. The zero-order valence-electron chi connectivity index (χ0n) is 14.2. The highest BCUT2D eigenvalue weighted by Crippen LogP contribution is 2.45. The Kier molecular flexibility index (Phi) is 5.26. The van der Waals surface area contributed by atoms with Crippen LogP contribution in [0.1, 0.15) is 23.6 Å². The van der Waals surface area contributed by atoms with E-state index in [4.69, 9.17) is 0 Å². The summed E-state index contributed by atoms with van der Waals surface area (Å²) in [5.41, 5.74) is 1.09. The molecule has 0 saturated heterocycles. The smallest absolute Gasteiger partial charge is 0.273 e. The first-order valence-electron chi connectivity index (χ1n) is 7.97. The second-order valence-electron chi connectivity index (χ2n) is 6.23. The summed E-state index contributed by atoms with van der Waals surface area (Å²) in [5, 5.41) is 31.4. The van der Waals surface area contributed by atoms with E-state index in [2.05, 4.69) is 31.9 Å². The molecule has 138 valence electrons. The van der Waals surface area contributed by atoms with Crippen LogP contribution in [0.5, 0.6) is 11.5 Å². The van der Waals surface area contributed by atoms with E-state index >= 15 is 0 Å². The maximum atomic E-state index is 11.7. The van der Waals surface area contributed by atoms with Crippen LogP contribution in [-0.4, -0.2) is 15.1 Å². The average Bonchev–Trinajstić information content (AvgIpc) is 2.65. The van der Waals surface area contributed by atoms with Gasteiger partial charge in [0.05, 0.1) is 13.9 Å². The molecule has 0 aliphatic heterocycles. The zero-order valence-corrected chi connectivity index (χ0v) is 17.4. The topological polar surface area (TPSA) is 83.6 Å². The van der Waals surface area contributed by atoms with Gasteiger partial charge >= 0.3 is 0 Å². The number of para-hydroxylation sites is 1. The van der Waals surface area contributed by atoms with E-state index in [1.807, 2.05) is 6.92 Å². The lowest BCUT2D eigenvalue weighted by Gasteiger charge is -2.32. The van der Waals surface area contributed by atoms with Crippen LogP contribution in [0.25, 0.3) is 0 Å². The van der Waals surface area contributed by atoms with Gasteiger partial charge in [0.1, 0.15) is 11.5 Å². The minimum atomic E-state index is -0.907. The van der Waals surface area contributed by atoms with Gasteiger partial charge in [-0.3, -0.25) is 10.1 Å². The summed E-state index contributed by atoms with van der Waals surface area (Å²) in [4.78, 5) is 11.3. The van der Waals surface area contributed by atoms with Crippen LogP contribution in [0, 0.1) is 10.1 Å². The molecule has 0 amide bonds. The zero-order chi connectivity index (χ0) is 19.8. The monoisotopic (exact) mass is 491 g/mol. The van der Waals surface area contributed by atoms with Gasteiger partial charge in [-0.05, 0) is 74.2 Å². The van der Waals surface area contributed by atoms with Crippen molar-refractivity contribution in [2.24, 2.45) is 0 Å². The molecule has 0 aliphatic rings. The summed E-state index contributed by atoms with van der Waals surface area (Å²) >= 11 is 6.65. The van der Waals surface area contributed by atoms with Crippen LogP contribution in [0.2, 0.25) is 0 Å². The van der Waals surface area contributed by atoms with Gasteiger partial charge in [0.15, 0.2) is 0 Å². The first-order valence-corrected chi connectivity index (χ1v) is 9.55. The molecule has 0 atom stereocenters. The maximum absolute atomic E-state index is 11.7. The first-order chi connectivity index (χ1) is 12.7. The molecule has 3 rings (SSSR count). The van der Waals surface area contributed by atoms with Gasteiger partial charge in [0.25, 0.3) is 5.69 Å². The summed E-state index contributed by atoms with van der Waals surface area (Å²) in [6.07, 6.45) is 0. The Morgan fingerprint density at radius 3 is 1.81 bits per heavy atom. The highest BCUT2D eigenvalue weighted by molar-refractivity contribution is 9.10. The maximum Gasteiger partial charge on any atom is 0.273 e. The van der Waals surface area contributed by atoms with Gasteiger partial charge in [0.2, 0.25) is 0 Å². The number of hydrogen-bond acceptors (Lipinski definition) is 4. The minimum absolute atomic E-state index is 0.00612. The van der Waals surface area contributed by atoms with Crippen LogP contribution in [0.4, 0.5) is 5.69 Å². The predicted octanol–water partition coefficient (Wildman–Crippen LogP) is 5.89. The van der Waals surface area contributed by atoms with Crippen LogP contribution in [0.15, 0.2) is 69.6 Å². The van der Waals surface area contributed by atoms with Crippen molar-refractivity contribution in [3.63, 3.8) is 0 Å². The summed E-state index contributed by atoms with van der Waals surface area (Å²) in [6, 6.07) is 16.6. The van der Waals surface area contributed by atoms with Crippen molar-refractivity contribution < 1.29 is 15.1 Å². The summed E-state index contributed by atoms with van der Waals surface area (Å²) in [6.45, 7) is 1.88. The molecule has 0 radical (unpaired) electrons. The molecule has 0 bridgehead atoms. The van der Waals surface area contributed by atoms with Gasteiger partial charge in [-0.25, -0.2) is 0 Å². The Bertz CT molecular complexity index is 985. The van der Waals surface area contributed by atoms with Gasteiger partial charge in [-0.2, -0.15) is 0 Å². The first kappa shape index (κ1) is 19.4. The molecule has 0 aromatic heterocycles. The Balaban J connectivity index is 2.38. The fourth-order valence-electron chi connectivity index (χ4n) is 3.17. The number of phenols is 2. The number of rotatable bonds is 4. The number of nitro benzene ring substituents is 1. The molecule has 0 saturated carbocycles. The summed E-state index contributed by atoms with van der Waals surface area (Å²) < 4.78 is 0.977. The van der Waals surface area contributed by atoms with Crippen LogP contribution >= 0.6 is 31.9 Å². The molecule has 0 heterocycles. The average molecular weight is 493 g/mol. The number of aromatic hydroxyl groups is 2. The van der Waals surface area contributed by atoms with Crippen molar-refractivity contribution >= 4 is 37.5 Å². The molecule has 0 unspecified atom stereocenters. The van der Waals surface area contributed by atoms with Crippen molar-refractivity contribution in [3.8, 4) is 11.5 Å². The quantitative estimate of drug-likeness (QED) is 0.270. The number of benzene rings is 3. The molecule has 3 aromatic rings. The van der Waals surface area contributed by atoms with Crippen molar-refractivity contribution in [2.45, 2.75) is 12.3 Å². The second-order valence-corrected chi connectivity index (χ2v) is 7.94. The molecule has 0 aliphatic carbocycles. The Morgan fingerprint density at radius 1 is 0.889 bits per heavy atom. The third-order valence-electron chi connectivity index (χ3n) is 4.69. The van der Waals surface area contributed by atoms with Crippen LogP contribution in [-0.2, 0) is 5.41 Å². The number of nitrogens with zero attached hydrogens (tertiary/aromatic N) is 1. The number of phenolic OH excluding ortho intramolecular Hbond substituents is 2. The van der Waals surface area contributed by atoms with Crippen LogP contribution in [0.3, 0.4) is 0 Å². The molecule has 0 fully saturated rings. The Morgan fingerprint density at radius 2 is 1.37 bits per heavy atom. The molecule has 3 aromatic carbocycles. The lowest BCUT2D eigenvalue weighted by molar-refractivity contribution is -0.385. The highest BCUT2D eigenvalue weighted by Gasteiger charge is 2.37. The van der Waals surface area contributed by atoms with E-state index in [-0.39, 0.29) is 17.2 Å². The Hall–Kier alpha value is -2.38. The van der Waals surface area contributed by atoms with Gasteiger partial charge in [-0.1, -0.05) is 30.3 Å². The van der Waals surface area contributed by atoms with Crippen molar-refractivity contribution in [1.29, 1.82) is 0 Å². The van der Waals surface area contributed by atoms with E-state index in [9.17, 15) is 20.3 Å². The Labute approximate surface area is 172 Å². The standard InChI is InChI=1S/C20H15Br2NO4/c1-20(12-6-8-18(24)15(21)10-12,13-7-9-19(25)16(22)11-13)14-4-2-3-5-17(14)23(26)27/h2-11,24-25H,1H3. The van der Waals surface area contributed by atoms with E-state index in [1.165, 1.54) is 6.07 Å². The molecule has 2 N–H and O–H groups in total. The number of nitro groups is 1. The largest absolute Gasteiger partial charge is 0.507 e. The highest BCUT2D eigenvalue weighted by atomic mass is 79.9. The normalized spacial score (nSPS) is 11.4. The molecular formula is C20H15Br2NO4. The molecule has 0 spiro atoms. The van der Waals surface area contributed by atoms with Crippen molar-refractivity contribution in [1.82, 2.24) is 0 Å². The van der Waals surface area contributed by atoms with Crippen molar-refractivity contribution in [2.75, 3.05) is 0 Å². The lowest BCUT2D eigenvalue weighted by Crippen LogP contribution is -2.26. The SMILES string of the molecule is CC(c1ccc(O)c(Br)c1)(c1ccc(O)c(Br)c1)c1ccccc1[N+](=O)[O-]. The van der Waals surface area contributed by atoms with Crippen molar-refractivity contribution in [3.05, 3.63) is 96.4 Å². The molecule has 5 nitrogen and oxygen atoms in total. The van der Waals surface area contributed by atoms with E-state index < -0.39 is 10.3 Å². The van der Waals surface area contributed by atoms with E-state index in [1.54, 1.807) is 54.6 Å². The summed E-state index contributed by atoms with van der Waals surface area (Å²) in [7, 11) is 0. The lowest BCUT2D eigenvalue weighted by atomic mass is 9.70. The molecular weight excluding hydrogens is 478 g/mol. The van der Waals surface area contributed by atoms with E-state index in [0.29, 0.717) is 14.5 Å². The number of hydrogen-bond donors (Lipinski definition) is 2. The minimum Gasteiger partial charge on any atom is -0.507 e. The molecule has 27 heavy (non-hydrogen) atoms. The van der Waals surface area contributed by atoms with Gasteiger partial charge in [-0.15, -0.1) is 0 Å². The fraction of sp³-hybridized carbons (Fsp3) is 0.100. The number of halogens is 2. The van der Waals surface area contributed by atoms with Crippen LogP contribution < -0.4 is 0 Å².